The van der Waals surface area contributed by atoms with Crippen LogP contribution in [0.5, 0.6) is 0 Å². The lowest BCUT2D eigenvalue weighted by atomic mass is 10.4. The van der Waals surface area contributed by atoms with Crippen LogP contribution in [0.1, 0.15) is 0 Å². The Morgan fingerprint density at radius 2 is 1.00 bits per heavy atom. The van der Waals surface area contributed by atoms with Crippen molar-refractivity contribution in [1.29, 1.82) is 0 Å². The van der Waals surface area contributed by atoms with Crippen molar-refractivity contribution in [3.8, 4) is 0 Å². The van der Waals surface area contributed by atoms with Crippen molar-refractivity contribution in [3.05, 3.63) is 0 Å². The van der Waals surface area contributed by atoms with Gasteiger partial charge in [0.05, 0.1) is 0 Å². The van der Waals surface area contributed by atoms with E-state index in [2.05, 4.69) is 10.6 Å². The monoisotopic (exact) mass is 120 g/mol. The van der Waals surface area contributed by atoms with Gasteiger partial charge in [-0.25, -0.2) is 0 Å². The molecule has 3 heteroatoms. The molecule has 1 aliphatic rings. The molecule has 0 bridgehead atoms. The summed E-state index contributed by atoms with van der Waals surface area (Å²) in [4.78, 5) is 0. The highest BCUT2D eigenvalue weighted by atomic mass is 32.1. The van der Waals surface area contributed by atoms with Crippen molar-refractivity contribution in [1.82, 2.24) is 10.6 Å². The summed E-state index contributed by atoms with van der Waals surface area (Å²) in [7, 11) is 0. The minimum Gasteiger partial charge on any atom is -0.314 e. The van der Waals surface area contributed by atoms with E-state index in [-0.39, 0.29) is 13.5 Å². The predicted octanol–water partition coefficient (Wildman–Crippen LogP) is -0.708. The van der Waals surface area contributed by atoms with Crippen LogP contribution in [-0.2, 0) is 0 Å². The molecule has 1 rings (SSSR count). The van der Waals surface area contributed by atoms with Gasteiger partial charge in [0.1, 0.15) is 0 Å². The number of rotatable bonds is 0. The second-order valence-corrected chi connectivity index (χ2v) is 1.50. The first-order valence-electron chi connectivity index (χ1n) is 2.41. The van der Waals surface area contributed by atoms with Gasteiger partial charge in [-0.2, -0.15) is 13.5 Å². The Labute approximate surface area is 51.1 Å². The summed E-state index contributed by atoms with van der Waals surface area (Å²) >= 11 is 0. The molecule has 7 heavy (non-hydrogen) atoms. The zero-order valence-electron chi connectivity index (χ0n) is 4.33. The number of hydrogen-bond donors (Lipinski definition) is 2. The maximum absolute atomic E-state index is 3.22. The highest BCUT2D eigenvalue weighted by Gasteiger charge is 1.91. The largest absolute Gasteiger partial charge is 0.314 e. The molecule has 0 spiro atoms. The molecule has 1 heterocycles. The molecule has 0 aromatic carbocycles. The lowest BCUT2D eigenvalue weighted by Gasteiger charge is -2.11. The third-order valence-corrected chi connectivity index (χ3v) is 0.957. The second kappa shape index (κ2) is 4.43. The van der Waals surface area contributed by atoms with Gasteiger partial charge in [-0.05, 0) is 0 Å². The van der Waals surface area contributed by atoms with E-state index in [4.69, 9.17) is 0 Å². The zero-order valence-corrected chi connectivity index (χ0v) is 5.33. The molecule has 2 N–H and O–H groups in total. The topological polar surface area (TPSA) is 24.1 Å². The highest BCUT2D eigenvalue weighted by molar-refractivity contribution is 7.59. The number of piperazine rings is 1. The van der Waals surface area contributed by atoms with E-state index in [0.29, 0.717) is 0 Å². The van der Waals surface area contributed by atoms with Crippen molar-refractivity contribution in [2.24, 2.45) is 0 Å². The summed E-state index contributed by atoms with van der Waals surface area (Å²) < 4.78 is 0. The molecule has 1 fully saturated rings. The summed E-state index contributed by atoms with van der Waals surface area (Å²) in [6.45, 7) is 4.56. The van der Waals surface area contributed by atoms with E-state index in [9.17, 15) is 0 Å². The third kappa shape index (κ3) is 2.91. The predicted molar refractivity (Wildman–Crippen MR) is 36.1 cm³/mol. The Hall–Kier alpha value is 0.270. The van der Waals surface area contributed by atoms with E-state index < -0.39 is 0 Å². The Morgan fingerprint density at radius 1 is 0.714 bits per heavy atom. The molecular formula is C4H12N2S. The molecule has 1 aliphatic heterocycles. The first-order valence-corrected chi connectivity index (χ1v) is 2.41. The van der Waals surface area contributed by atoms with Gasteiger partial charge in [0.2, 0.25) is 0 Å². The Balaban J connectivity index is 0.000000360. The first-order chi connectivity index (χ1) is 3.00. The maximum Gasteiger partial charge on any atom is 0.00772 e. The lowest BCUT2D eigenvalue weighted by Crippen LogP contribution is -2.39. The molecule has 0 atom stereocenters. The molecule has 0 saturated carbocycles. The van der Waals surface area contributed by atoms with Crippen LogP contribution in [0.25, 0.3) is 0 Å². The molecular weight excluding hydrogens is 108 g/mol. The Kier molecular flexibility index (Phi) is 4.60. The van der Waals surface area contributed by atoms with Crippen LogP contribution in [-0.4, -0.2) is 26.2 Å². The quantitative estimate of drug-likeness (QED) is 0.441. The van der Waals surface area contributed by atoms with Crippen molar-refractivity contribution in [2.75, 3.05) is 26.2 Å². The van der Waals surface area contributed by atoms with Crippen LogP contribution in [0.3, 0.4) is 0 Å². The van der Waals surface area contributed by atoms with E-state index in [1.54, 1.807) is 0 Å². The van der Waals surface area contributed by atoms with E-state index in [0.717, 1.165) is 26.2 Å². The number of nitrogens with one attached hydrogen (secondary N) is 2. The minimum atomic E-state index is 0. The van der Waals surface area contributed by atoms with Gasteiger partial charge >= 0.3 is 0 Å². The van der Waals surface area contributed by atoms with Gasteiger partial charge in [0, 0.05) is 26.2 Å². The molecule has 0 aromatic rings. The van der Waals surface area contributed by atoms with E-state index in [1.807, 2.05) is 0 Å². The van der Waals surface area contributed by atoms with E-state index in [1.165, 1.54) is 0 Å². The average molecular weight is 120 g/mol. The van der Waals surface area contributed by atoms with Gasteiger partial charge in [-0.1, -0.05) is 0 Å². The van der Waals surface area contributed by atoms with Gasteiger partial charge in [-0.15, -0.1) is 0 Å². The van der Waals surface area contributed by atoms with Gasteiger partial charge < -0.3 is 10.6 Å². The summed E-state index contributed by atoms with van der Waals surface area (Å²) in [5.41, 5.74) is 0. The van der Waals surface area contributed by atoms with Crippen molar-refractivity contribution in [3.63, 3.8) is 0 Å². The molecule has 0 amide bonds. The summed E-state index contributed by atoms with van der Waals surface area (Å²) in [5, 5.41) is 6.44. The summed E-state index contributed by atoms with van der Waals surface area (Å²) in [6.07, 6.45) is 0. The van der Waals surface area contributed by atoms with Crippen molar-refractivity contribution in [2.45, 2.75) is 0 Å². The molecule has 44 valence electrons. The summed E-state index contributed by atoms with van der Waals surface area (Å²) in [5.74, 6) is 0. The molecule has 0 radical (unpaired) electrons. The first kappa shape index (κ1) is 7.27. The second-order valence-electron chi connectivity index (χ2n) is 1.50. The normalized spacial score (nSPS) is 20.6. The Morgan fingerprint density at radius 3 is 1.14 bits per heavy atom. The highest BCUT2D eigenvalue weighted by Crippen LogP contribution is 1.65. The minimum absolute atomic E-state index is 0. The van der Waals surface area contributed by atoms with Crippen LogP contribution < -0.4 is 10.6 Å². The van der Waals surface area contributed by atoms with Gasteiger partial charge in [-0.3, -0.25) is 0 Å². The molecule has 0 aliphatic carbocycles. The average Bonchev–Trinajstić information content (AvgIpc) is 1.72. The van der Waals surface area contributed by atoms with Crippen LogP contribution in [0, 0.1) is 0 Å². The lowest BCUT2D eigenvalue weighted by molar-refractivity contribution is 0.534. The molecule has 0 unspecified atom stereocenters. The van der Waals surface area contributed by atoms with Crippen molar-refractivity contribution >= 4 is 13.5 Å². The van der Waals surface area contributed by atoms with Crippen LogP contribution in [0.2, 0.25) is 0 Å². The Bertz CT molecular complexity index is 25.2. The fraction of sp³-hybridized carbons (Fsp3) is 1.00. The maximum atomic E-state index is 3.22. The molecule has 0 aromatic heterocycles. The van der Waals surface area contributed by atoms with Crippen LogP contribution in [0.4, 0.5) is 0 Å². The van der Waals surface area contributed by atoms with Crippen LogP contribution in [0.15, 0.2) is 0 Å². The fourth-order valence-electron chi connectivity index (χ4n) is 0.604. The van der Waals surface area contributed by atoms with Crippen molar-refractivity contribution < 1.29 is 0 Å². The zero-order chi connectivity index (χ0) is 4.24. The molecule has 1 saturated heterocycles. The fourth-order valence-corrected chi connectivity index (χ4v) is 0.604. The van der Waals surface area contributed by atoms with E-state index >= 15 is 0 Å². The standard InChI is InChI=1S/C4H10N2.H2S/c1-2-6-4-3-5-1;/h5-6H,1-4H2;1H2. The SMILES string of the molecule is C1CNCCN1.S. The smallest absolute Gasteiger partial charge is 0.00772 e. The third-order valence-electron chi connectivity index (χ3n) is 0.957. The van der Waals surface area contributed by atoms with Gasteiger partial charge in [0.15, 0.2) is 0 Å². The number of hydrogen-bond acceptors (Lipinski definition) is 2. The molecule has 2 nitrogen and oxygen atoms in total. The van der Waals surface area contributed by atoms with Gasteiger partial charge in [0.25, 0.3) is 0 Å². The van der Waals surface area contributed by atoms with Crippen LogP contribution >= 0.6 is 13.5 Å². The summed E-state index contributed by atoms with van der Waals surface area (Å²) in [6, 6.07) is 0.